The number of amides is 2. The number of aryl methyl sites for hydroxylation is 1. The van der Waals surface area contributed by atoms with Gasteiger partial charge < -0.3 is 20.4 Å². The maximum Gasteiger partial charge on any atom is 0.319 e. The van der Waals surface area contributed by atoms with Crippen molar-refractivity contribution < 1.29 is 4.79 Å². The molecule has 0 aliphatic carbocycles. The number of likely N-dealkylation sites (N-methyl/N-ethyl adjacent to an activating group) is 1. The third-order valence-electron chi connectivity index (χ3n) is 4.52. The van der Waals surface area contributed by atoms with Crippen LogP contribution < -0.4 is 15.5 Å². The van der Waals surface area contributed by atoms with Crippen molar-refractivity contribution in [1.82, 2.24) is 15.2 Å². The normalized spacial score (nSPS) is 15.0. The Kier molecular flexibility index (Phi) is 5.96. The van der Waals surface area contributed by atoms with Gasteiger partial charge in [-0.2, -0.15) is 0 Å². The Balaban J connectivity index is 1.49. The molecule has 0 saturated carbocycles. The van der Waals surface area contributed by atoms with Gasteiger partial charge in [0.1, 0.15) is 5.82 Å². The number of aromatic nitrogens is 1. The number of hydrogen-bond acceptors (Lipinski definition) is 4. The lowest BCUT2D eigenvalue weighted by atomic mass is 10.2. The van der Waals surface area contributed by atoms with Crippen molar-refractivity contribution in [2.75, 3.05) is 43.4 Å². The van der Waals surface area contributed by atoms with Gasteiger partial charge in [-0.15, -0.1) is 0 Å². The van der Waals surface area contributed by atoms with E-state index < -0.39 is 0 Å². The molecule has 1 saturated heterocycles. The average molecular weight is 374 g/mol. The standard InChI is InChI=1S/C19H24ClN5O/c1-14-3-5-16(11-17(14)20)23-19(26)22-13-15-4-6-18(21-12-15)25-9-7-24(2)8-10-25/h3-6,11-12H,7-10,13H2,1-2H3,(H2,22,23,26). The number of benzene rings is 1. The zero-order valence-corrected chi connectivity index (χ0v) is 15.9. The lowest BCUT2D eigenvalue weighted by molar-refractivity contribution is 0.251. The highest BCUT2D eigenvalue weighted by Gasteiger charge is 2.15. The van der Waals surface area contributed by atoms with Gasteiger partial charge in [0, 0.05) is 49.6 Å². The molecule has 1 aliphatic heterocycles. The predicted molar refractivity (Wildman–Crippen MR) is 106 cm³/mol. The van der Waals surface area contributed by atoms with Crippen molar-refractivity contribution in [2.24, 2.45) is 0 Å². The van der Waals surface area contributed by atoms with Gasteiger partial charge >= 0.3 is 6.03 Å². The van der Waals surface area contributed by atoms with E-state index >= 15 is 0 Å². The van der Waals surface area contributed by atoms with Gasteiger partial charge in [-0.25, -0.2) is 9.78 Å². The Morgan fingerprint density at radius 2 is 1.96 bits per heavy atom. The fourth-order valence-corrected chi connectivity index (χ4v) is 2.95. The van der Waals surface area contributed by atoms with Crippen LogP contribution in [0.5, 0.6) is 0 Å². The van der Waals surface area contributed by atoms with E-state index in [4.69, 9.17) is 11.6 Å². The van der Waals surface area contributed by atoms with Crippen LogP contribution in [0.2, 0.25) is 5.02 Å². The molecule has 1 aromatic heterocycles. The maximum atomic E-state index is 12.0. The number of rotatable bonds is 4. The first-order chi connectivity index (χ1) is 12.5. The van der Waals surface area contributed by atoms with Gasteiger partial charge in [-0.1, -0.05) is 23.7 Å². The van der Waals surface area contributed by atoms with E-state index in [-0.39, 0.29) is 6.03 Å². The number of carbonyl (C=O) groups is 1. The second kappa shape index (κ2) is 8.38. The van der Waals surface area contributed by atoms with Gasteiger partial charge in [-0.05, 0) is 43.3 Å². The Morgan fingerprint density at radius 1 is 1.19 bits per heavy atom. The summed E-state index contributed by atoms with van der Waals surface area (Å²) in [6.07, 6.45) is 1.82. The predicted octanol–water partition coefficient (Wildman–Crippen LogP) is 3.12. The van der Waals surface area contributed by atoms with E-state index in [1.807, 2.05) is 37.4 Å². The maximum absolute atomic E-state index is 12.0. The Morgan fingerprint density at radius 3 is 2.62 bits per heavy atom. The molecule has 0 radical (unpaired) electrons. The average Bonchev–Trinajstić information content (AvgIpc) is 2.64. The van der Waals surface area contributed by atoms with Crippen LogP contribution in [0.1, 0.15) is 11.1 Å². The van der Waals surface area contributed by atoms with Gasteiger partial charge in [-0.3, -0.25) is 0 Å². The fraction of sp³-hybridized carbons (Fsp3) is 0.368. The summed E-state index contributed by atoms with van der Waals surface area (Å²) < 4.78 is 0. The van der Waals surface area contributed by atoms with Crippen LogP contribution in [0, 0.1) is 6.92 Å². The molecule has 1 fully saturated rings. The van der Waals surface area contributed by atoms with E-state index in [1.165, 1.54) is 0 Å². The van der Waals surface area contributed by atoms with Crippen molar-refractivity contribution in [3.8, 4) is 0 Å². The Hall–Kier alpha value is -2.31. The van der Waals surface area contributed by atoms with Crippen LogP contribution in [-0.4, -0.2) is 49.1 Å². The third-order valence-corrected chi connectivity index (χ3v) is 4.93. The van der Waals surface area contributed by atoms with Crippen molar-refractivity contribution >= 4 is 29.1 Å². The number of piperazine rings is 1. The fourth-order valence-electron chi connectivity index (χ4n) is 2.77. The van der Waals surface area contributed by atoms with Gasteiger partial charge in [0.25, 0.3) is 0 Å². The molecule has 2 heterocycles. The molecule has 1 aliphatic rings. The van der Waals surface area contributed by atoms with E-state index in [0.29, 0.717) is 17.3 Å². The first-order valence-corrected chi connectivity index (χ1v) is 9.08. The van der Waals surface area contributed by atoms with Crippen LogP contribution in [0.25, 0.3) is 0 Å². The molecule has 26 heavy (non-hydrogen) atoms. The zero-order chi connectivity index (χ0) is 18.5. The highest BCUT2D eigenvalue weighted by atomic mass is 35.5. The van der Waals surface area contributed by atoms with Gasteiger partial charge in [0.05, 0.1) is 0 Å². The largest absolute Gasteiger partial charge is 0.354 e. The van der Waals surface area contributed by atoms with E-state index in [1.54, 1.807) is 6.07 Å². The lowest BCUT2D eigenvalue weighted by Crippen LogP contribution is -2.44. The summed E-state index contributed by atoms with van der Waals surface area (Å²) in [6, 6.07) is 9.19. The summed E-state index contributed by atoms with van der Waals surface area (Å²) in [5.74, 6) is 0.987. The molecule has 0 unspecified atom stereocenters. The summed E-state index contributed by atoms with van der Waals surface area (Å²) in [5, 5.41) is 6.24. The highest BCUT2D eigenvalue weighted by molar-refractivity contribution is 6.31. The number of carbonyl (C=O) groups excluding carboxylic acids is 1. The van der Waals surface area contributed by atoms with Crippen molar-refractivity contribution in [2.45, 2.75) is 13.5 Å². The summed E-state index contributed by atoms with van der Waals surface area (Å²) in [6.45, 7) is 6.42. The molecule has 6 nitrogen and oxygen atoms in total. The van der Waals surface area contributed by atoms with E-state index in [2.05, 4.69) is 32.5 Å². The summed E-state index contributed by atoms with van der Waals surface area (Å²) in [5.41, 5.74) is 2.60. The molecule has 2 amide bonds. The molecule has 2 aromatic rings. The molecule has 1 aromatic carbocycles. The van der Waals surface area contributed by atoms with Crippen molar-refractivity contribution in [3.63, 3.8) is 0 Å². The first kappa shape index (κ1) is 18.5. The van der Waals surface area contributed by atoms with Crippen LogP contribution in [-0.2, 0) is 6.54 Å². The first-order valence-electron chi connectivity index (χ1n) is 8.71. The number of anilines is 2. The van der Waals surface area contributed by atoms with Crippen molar-refractivity contribution in [3.05, 3.63) is 52.7 Å². The summed E-state index contributed by atoms with van der Waals surface area (Å²) in [7, 11) is 2.13. The van der Waals surface area contributed by atoms with E-state index in [9.17, 15) is 4.79 Å². The number of nitrogens with zero attached hydrogens (tertiary/aromatic N) is 3. The summed E-state index contributed by atoms with van der Waals surface area (Å²) >= 11 is 6.07. The zero-order valence-electron chi connectivity index (χ0n) is 15.1. The number of urea groups is 1. The molecule has 0 atom stereocenters. The molecule has 0 bridgehead atoms. The highest BCUT2D eigenvalue weighted by Crippen LogP contribution is 2.20. The van der Waals surface area contributed by atoms with Gasteiger partial charge in [0.2, 0.25) is 0 Å². The number of halogens is 1. The molecular weight excluding hydrogens is 350 g/mol. The minimum Gasteiger partial charge on any atom is -0.354 e. The minimum atomic E-state index is -0.270. The second-order valence-corrected chi connectivity index (χ2v) is 6.99. The lowest BCUT2D eigenvalue weighted by Gasteiger charge is -2.33. The Bertz CT molecular complexity index is 757. The molecule has 7 heteroatoms. The molecule has 0 spiro atoms. The van der Waals surface area contributed by atoms with E-state index in [0.717, 1.165) is 43.1 Å². The molecule has 2 N–H and O–H groups in total. The molecule has 3 rings (SSSR count). The number of nitrogens with one attached hydrogen (secondary N) is 2. The summed E-state index contributed by atoms with van der Waals surface area (Å²) in [4.78, 5) is 21.2. The monoisotopic (exact) mass is 373 g/mol. The quantitative estimate of drug-likeness (QED) is 0.864. The smallest absolute Gasteiger partial charge is 0.319 e. The van der Waals surface area contributed by atoms with Crippen LogP contribution in [0.4, 0.5) is 16.3 Å². The Labute approximate surface area is 159 Å². The van der Waals surface area contributed by atoms with Crippen LogP contribution in [0.15, 0.2) is 36.5 Å². The topological polar surface area (TPSA) is 60.5 Å². The minimum absolute atomic E-state index is 0.270. The van der Waals surface area contributed by atoms with Crippen molar-refractivity contribution in [1.29, 1.82) is 0 Å². The third kappa shape index (κ3) is 4.86. The second-order valence-electron chi connectivity index (χ2n) is 6.59. The van der Waals surface area contributed by atoms with Gasteiger partial charge in [0.15, 0.2) is 0 Å². The van der Waals surface area contributed by atoms with Crippen LogP contribution >= 0.6 is 11.6 Å². The molecular formula is C19H24ClN5O. The number of hydrogen-bond donors (Lipinski definition) is 2. The SMILES string of the molecule is Cc1ccc(NC(=O)NCc2ccc(N3CCN(C)CC3)nc2)cc1Cl. The molecule has 138 valence electrons. The number of pyridine rings is 1. The van der Waals surface area contributed by atoms with Crippen LogP contribution in [0.3, 0.4) is 0 Å².